The standard InChI is InChI=1S/C10H13NO2S2/c1-2-13-10(12)8-6-15-9(11-8)7-3-4-14-5-7/h3-5,8-9,11H,2,6H2,1H3/t8-,9+/m1/s1. The quantitative estimate of drug-likeness (QED) is 0.824. The van der Waals surface area contributed by atoms with E-state index in [9.17, 15) is 4.79 Å². The predicted octanol–water partition coefficient (Wildman–Crippen LogP) is 2.01. The summed E-state index contributed by atoms with van der Waals surface area (Å²) in [7, 11) is 0. The Morgan fingerprint density at radius 1 is 1.73 bits per heavy atom. The van der Waals surface area contributed by atoms with Gasteiger partial charge in [-0.3, -0.25) is 10.1 Å². The minimum absolute atomic E-state index is 0.136. The van der Waals surface area contributed by atoms with Gasteiger partial charge in [0.2, 0.25) is 0 Å². The van der Waals surface area contributed by atoms with Crippen LogP contribution in [0.3, 0.4) is 0 Å². The van der Waals surface area contributed by atoms with Crippen molar-refractivity contribution in [2.75, 3.05) is 12.4 Å². The fraction of sp³-hybridized carbons (Fsp3) is 0.500. The van der Waals surface area contributed by atoms with Crippen molar-refractivity contribution in [3.05, 3.63) is 22.4 Å². The molecule has 2 atom stereocenters. The van der Waals surface area contributed by atoms with Crippen LogP contribution >= 0.6 is 23.1 Å². The van der Waals surface area contributed by atoms with Crippen LogP contribution in [-0.4, -0.2) is 24.4 Å². The van der Waals surface area contributed by atoms with Gasteiger partial charge in [0.05, 0.1) is 12.0 Å². The van der Waals surface area contributed by atoms with Crippen LogP contribution in [0.15, 0.2) is 16.8 Å². The summed E-state index contributed by atoms with van der Waals surface area (Å²) in [6.07, 6.45) is 0. The van der Waals surface area contributed by atoms with Gasteiger partial charge in [-0.15, -0.1) is 11.8 Å². The largest absolute Gasteiger partial charge is 0.465 e. The number of hydrogen-bond donors (Lipinski definition) is 1. The molecule has 82 valence electrons. The first-order valence-corrected chi connectivity index (χ1v) is 6.87. The number of ether oxygens (including phenoxy) is 1. The van der Waals surface area contributed by atoms with Gasteiger partial charge in [0.15, 0.2) is 0 Å². The van der Waals surface area contributed by atoms with Gasteiger partial charge in [0, 0.05) is 5.75 Å². The smallest absolute Gasteiger partial charge is 0.324 e. The highest BCUT2D eigenvalue weighted by Crippen LogP contribution is 2.33. The minimum Gasteiger partial charge on any atom is -0.465 e. The van der Waals surface area contributed by atoms with E-state index in [1.807, 2.05) is 6.92 Å². The van der Waals surface area contributed by atoms with Gasteiger partial charge >= 0.3 is 5.97 Å². The summed E-state index contributed by atoms with van der Waals surface area (Å²) in [6.45, 7) is 2.28. The molecule has 5 heteroatoms. The average molecular weight is 243 g/mol. The lowest BCUT2D eigenvalue weighted by Crippen LogP contribution is -2.35. The van der Waals surface area contributed by atoms with E-state index in [0.29, 0.717) is 6.61 Å². The van der Waals surface area contributed by atoms with Crippen LogP contribution in [0.1, 0.15) is 17.9 Å². The monoisotopic (exact) mass is 243 g/mol. The fourth-order valence-electron chi connectivity index (χ4n) is 1.47. The van der Waals surface area contributed by atoms with Crippen molar-refractivity contribution in [2.45, 2.75) is 18.3 Å². The van der Waals surface area contributed by atoms with Gasteiger partial charge in [-0.2, -0.15) is 11.3 Å². The molecule has 0 aromatic carbocycles. The van der Waals surface area contributed by atoms with Gasteiger partial charge in [0.1, 0.15) is 6.04 Å². The number of carbonyl (C=O) groups excluding carboxylic acids is 1. The molecule has 1 aliphatic heterocycles. The van der Waals surface area contributed by atoms with Crippen LogP contribution in [0.2, 0.25) is 0 Å². The molecule has 0 bridgehead atoms. The first-order chi connectivity index (χ1) is 7.31. The number of rotatable bonds is 3. The molecule has 0 amide bonds. The molecular formula is C10H13NO2S2. The van der Waals surface area contributed by atoms with Crippen molar-refractivity contribution in [3.8, 4) is 0 Å². The number of nitrogens with one attached hydrogen (secondary N) is 1. The van der Waals surface area contributed by atoms with Crippen LogP contribution in [0.25, 0.3) is 0 Å². The Bertz CT molecular complexity index is 326. The predicted molar refractivity (Wildman–Crippen MR) is 63.1 cm³/mol. The molecule has 1 aromatic rings. The topological polar surface area (TPSA) is 38.3 Å². The highest BCUT2D eigenvalue weighted by Gasteiger charge is 2.31. The highest BCUT2D eigenvalue weighted by molar-refractivity contribution is 7.99. The van der Waals surface area contributed by atoms with Crippen molar-refractivity contribution in [1.82, 2.24) is 5.32 Å². The first kappa shape index (κ1) is 11.0. The molecule has 0 spiro atoms. The third-order valence-corrected chi connectivity index (χ3v) is 4.17. The summed E-state index contributed by atoms with van der Waals surface area (Å²) < 4.78 is 4.98. The molecule has 0 aliphatic carbocycles. The maximum atomic E-state index is 11.5. The SMILES string of the molecule is CCOC(=O)[C@H]1CS[C@@H](c2ccsc2)N1. The zero-order valence-electron chi connectivity index (χ0n) is 8.43. The van der Waals surface area contributed by atoms with Crippen molar-refractivity contribution in [3.63, 3.8) is 0 Å². The maximum Gasteiger partial charge on any atom is 0.324 e. The summed E-state index contributed by atoms with van der Waals surface area (Å²) in [5.74, 6) is 0.655. The minimum atomic E-state index is -0.153. The van der Waals surface area contributed by atoms with E-state index in [1.54, 1.807) is 23.1 Å². The zero-order valence-corrected chi connectivity index (χ0v) is 10.1. The molecule has 0 saturated carbocycles. The molecule has 0 unspecified atom stereocenters. The van der Waals surface area contributed by atoms with E-state index >= 15 is 0 Å². The van der Waals surface area contributed by atoms with Crippen molar-refractivity contribution >= 4 is 29.1 Å². The summed E-state index contributed by atoms with van der Waals surface area (Å²) in [5.41, 5.74) is 1.25. The van der Waals surface area contributed by atoms with E-state index in [4.69, 9.17) is 4.74 Å². The normalized spacial score (nSPS) is 25.4. The number of esters is 1. The van der Waals surface area contributed by atoms with Gasteiger partial charge in [0.25, 0.3) is 0 Å². The van der Waals surface area contributed by atoms with Gasteiger partial charge in [-0.05, 0) is 29.3 Å². The maximum absolute atomic E-state index is 11.5. The molecule has 1 aliphatic rings. The molecule has 0 radical (unpaired) electrons. The molecule has 3 nitrogen and oxygen atoms in total. The molecule has 1 fully saturated rings. The Labute approximate surface area is 97.2 Å². The lowest BCUT2D eigenvalue weighted by Gasteiger charge is -2.11. The van der Waals surface area contributed by atoms with Crippen LogP contribution in [-0.2, 0) is 9.53 Å². The Morgan fingerprint density at radius 2 is 2.60 bits per heavy atom. The second kappa shape index (κ2) is 5.01. The third-order valence-electron chi connectivity index (χ3n) is 2.20. The number of hydrogen-bond acceptors (Lipinski definition) is 5. The molecule has 2 rings (SSSR count). The van der Waals surface area contributed by atoms with Gasteiger partial charge in [-0.1, -0.05) is 0 Å². The number of thioether (sulfide) groups is 1. The van der Waals surface area contributed by atoms with Crippen molar-refractivity contribution < 1.29 is 9.53 Å². The Hall–Kier alpha value is -0.520. The van der Waals surface area contributed by atoms with Crippen molar-refractivity contribution in [2.24, 2.45) is 0 Å². The summed E-state index contributed by atoms with van der Waals surface area (Å²) in [6, 6.07) is 1.93. The molecule has 1 aromatic heterocycles. The second-order valence-electron chi connectivity index (χ2n) is 3.24. The van der Waals surface area contributed by atoms with Crippen molar-refractivity contribution in [1.29, 1.82) is 0 Å². The summed E-state index contributed by atoms with van der Waals surface area (Å²) >= 11 is 3.43. The zero-order chi connectivity index (χ0) is 10.7. The Morgan fingerprint density at radius 3 is 3.27 bits per heavy atom. The van der Waals surface area contributed by atoms with E-state index in [-0.39, 0.29) is 17.4 Å². The van der Waals surface area contributed by atoms with E-state index in [0.717, 1.165) is 5.75 Å². The third kappa shape index (κ3) is 2.53. The number of thiophene rings is 1. The average Bonchev–Trinajstić information content (AvgIpc) is 2.89. The van der Waals surface area contributed by atoms with Crippen LogP contribution in [0.5, 0.6) is 0 Å². The molecule has 15 heavy (non-hydrogen) atoms. The van der Waals surface area contributed by atoms with E-state index < -0.39 is 0 Å². The van der Waals surface area contributed by atoms with Crippen LogP contribution < -0.4 is 5.32 Å². The van der Waals surface area contributed by atoms with Crippen LogP contribution in [0.4, 0.5) is 0 Å². The van der Waals surface area contributed by atoms with Gasteiger partial charge in [-0.25, -0.2) is 0 Å². The van der Waals surface area contributed by atoms with E-state index in [2.05, 4.69) is 22.1 Å². The second-order valence-corrected chi connectivity index (χ2v) is 5.16. The number of carbonyl (C=O) groups is 1. The van der Waals surface area contributed by atoms with E-state index in [1.165, 1.54) is 5.56 Å². The molecule has 1 N–H and O–H groups in total. The molecule has 2 heterocycles. The summed E-state index contributed by atoms with van der Waals surface area (Å²) in [5, 5.41) is 7.67. The van der Waals surface area contributed by atoms with Crippen LogP contribution in [0, 0.1) is 0 Å². The lowest BCUT2D eigenvalue weighted by molar-refractivity contribution is -0.144. The fourth-order valence-corrected chi connectivity index (χ4v) is 3.46. The molecule has 1 saturated heterocycles. The molecular weight excluding hydrogens is 230 g/mol. The highest BCUT2D eigenvalue weighted by atomic mass is 32.2. The Kier molecular flexibility index (Phi) is 3.66. The lowest BCUT2D eigenvalue weighted by atomic mass is 10.3. The first-order valence-electron chi connectivity index (χ1n) is 4.87. The summed E-state index contributed by atoms with van der Waals surface area (Å²) in [4.78, 5) is 11.5. The Balaban J connectivity index is 1.92. The van der Waals surface area contributed by atoms with Gasteiger partial charge < -0.3 is 4.74 Å².